The van der Waals surface area contributed by atoms with Gasteiger partial charge in [-0.15, -0.1) is 0 Å². The maximum atomic E-state index is 13.1. The molecule has 35 heavy (non-hydrogen) atoms. The van der Waals surface area contributed by atoms with E-state index in [9.17, 15) is 18.0 Å². The van der Waals surface area contributed by atoms with Gasteiger partial charge in [0.15, 0.2) is 11.5 Å². The van der Waals surface area contributed by atoms with Gasteiger partial charge < -0.3 is 20.5 Å². The van der Waals surface area contributed by atoms with Crippen molar-refractivity contribution in [3.63, 3.8) is 0 Å². The molecule has 3 heterocycles. The molecule has 0 radical (unpaired) electrons. The highest BCUT2D eigenvalue weighted by Gasteiger charge is 2.30. The van der Waals surface area contributed by atoms with Gasteiger partial charge in [0.05, 0.1) is 18.9 Å². The molecule has 1 saturated heterocycles. The van der Waals surface area contributed by atoms with E-state index in [0.717, 1.165) is 49.2 Å². The van der Waals surface area contributed by atoms with E-state index in [1.807, 2.05) is 6.92 Å². The standard InChI is InChI=1S/C24H26F3N5O3/c1-14-13-32(31-22(28)21(14)15-7-9-29-10-8-15)23(33)18-11-19(34-2)20(12-30-18)35-17-5-3-16(4-6-17)24(25,26)27/h3-6,11-13,15,29,31H,7-10,28H2,1-2H3. The van der Waals surface area contributed by atoms with Crippen LogP contribution in [0.1, 0.15) is 35.8 Å². The molecular weight excluding hydrogens is 463 g/mol. The Balaban J connectivity index is 1.50. The molecule has 1 aromatic heterocycles. The minimum atomic E-state index is -4.44. The second-order valence-electron chi connectivity index (χ2n) is 8.30. The van der Waals surface area contributed by atoms with Gasteiger partial charge in [0.25, 0.3) is 5.91 Å². The fourth-order valence-electron chi connectivity index (χ4n) is 4.20. The summed E-state index contributed by atoms with van der Waals surface area (Å²) in [6.07, 6.45) is 0.467. The maximum Gasteiger partial charge on any atom is 0.416 e. The minimum Gasteiger partial charge on any atom is -0.493 e. The topological polar surface area (TPSA) is 102 Å². The smallest absolute Gasteiger partial charge is 0.416 e. The maximum absolute atomic E-state index is 13.1. The third kappa shape index (κ3) is 5.35. The van der Waals surface area contributed by atoms with Crippen molar-refractivity contribution >= 4 is 5.91 Å². The Labute approximate surface area is 200 Å². The fourth-order valence-corrected chi connectivity index (χ4v) is 4.20. The number of ether oxygens (including phenoxy) is 2. The molecule has 1 aromatic carbocycles. The third-order valence-electron chi connectivity index (χ3n) is 5.92. The Bertz CT molecular complexity index is 1160. The van der Waals surface area contributed by atoms with Crippen LogP contribution >= 0.6 is 0 Å². The van der Waals surface area contributed by atoms with E-state index in [0.29, 0.717) is 11.7 Å². The summed E-state index contributed by atoms with van der Waals surface area (Å²) < 4.78 is 49.3. The van der Waals surface area contributed by atoms with Gasteiger partial charge in [-0.2, -0.15) is 13.2 Å². The Hall–Kier alpha value is -3.73. The number of nitrogens with two attached hydrogens (primary N) is 1. The molecule has 0 aliphatic carbocycles. The van der Waals surface area contributed by atoms with Crippen LogP contribution in [0.2, 0.25) is 0 Å². The number of methoxy groups -OCH3 is 1. The Kier molecular flexibility index (Phi) is 6.88. The molecule has 0 unspecified atom stereocenters. The predicted molar refractivity (Wildman–Crippen MR) is 122 cm³/mol. The van der Waals surface area contributed by atoms with Crippen molar-refractivity contribution in [2.45, 2.75) is 25.9 Å². The molecule has 2 aromatic rings. The van der Waals surface area contributed by atoms with Gasteiger partial charge in [0.1, 0.15) is 17.3 Å². The first-order chi connectivity index (χ1) is 16.7. The second-order valence-corrected chi connectivity index (χ2v) is 8.30. The van der Waals surface area contributed by atoms with Crippen molar-refractivity contribution < 1.29 is 27.4 Å². The number of nitrogens with one attached hydrogen (secondary N) is 2. The Morgan fingerprint density at radius 3 is 2.46 bits per heavy atom. The van der Waals surface area contributed by atoms with Crippen molar-refractivity contribution in [3.05, 3.63) is 71.0 Å². The van der Waals surface area contributed by atoms with Crippen LogP contribution in [0.25, 0.3) is 0 Å². The molecule has 2 aliphatic rings. The van der Waals surface area contributed by atoms with Crippen molar-refractivity contribution in [2.24, 2.45) is 11.7 Å². The van der Waals surface area contributed by atoms with Crippen LogP contribution in [0.5, 0.6) is 17.2 Å². The molecule has 8 nitrogen and oxygen atoms in total. The number of nitrogens with zero attached hydrogens (tertiary/aromatic N) is 2. The van der Waals surface area contributed by atoms with E-state index >= 15 is 0 Å². The summed E-state index contributed by atoms with van der Waals surface area (Å²) in [5.74, 6) is 0.791. The zero-order valence-corrected chi connectivity index (χ0v) is 19.3. The summed E-state index contributed by atoms with van der Waals surface area (Å²) in [5, 5.41) is 4.60. The molecule has 0 atom stereocenters. The first-order valence-electron chi connectivity index (χ1n) is 11.1. The van der Waals surface area contributed by atoms with Crippen LogP contribution in [-0.4, -0.2) is 36.1 Å². The lowest BCUT2D eigenvalue weighted by atomic mass is 9.85. The number of halogens is 3. The van der Waals surface area contributed by atoms with E-state index in [2.05, 4.69) is 15.7 Å². The molecule has 1 fully saturated rings. The van der Waals surface area contributed by atoms with Crippen LogP contribution in [0.3, 0.4) is 0 Å². The predicted octanol–water partition coefficient (Wildman–Crippen LogP) is 3.94. The van der Waals surface area contributed by atoms with Gasteiger partial charge in [-0.05, 0) is 68.6 Å². The first kappa shape index (κ1) is 24.4. The number of hydrogen-bond acceptors (Lipinski definition) is 7. The lowest BCUT2D eigenvalue weighted by Gasteiger charge is -2.33. The van der Waals surface area contributed by atoms with E-state index < -0.39 is 17.6 Å². The van der Waals surface area contributed by atoms with Gasteiger partial charge in [-0.3, -0.25) is 10.2 Å². The lowest BCUT2D eigenvalue weighted by Crippen LogP contribution is -2.45. The first-order valence-corrected chi connectivity index (χ1v) is 11.1. The number of hydrazine groups is 1. The molecule has 0 bridgehead atoms. The average molecular weight is 489 g/mol. The van der Waals surface area contributed by atoms with Crippen LogP contribution in [0.15, 0.2) is 59.7 Å². The van der Waals surface area contributed by atoms with E-state index in [1.165, 1.54) is 36.5 Å². The zero-order valence-electron chi connectivity index (χ0n) is 19.3. The largest absolute Gasteiger partial charge is 0.493 e. The summed E-state index contributed by atoms with van der Waals surface area (Å²) in [6.45, 7) is 3.75. The lowest BCUT2D eigenvalue weighted by molar-refractivity contribution is -0.137. The number of allylic oxidation sites excluding steroid dienone is 2. The minimum absolute atomic E-state index is 0.0660. The highest BCUT2D eigenvalue weighted by atomic mass is 19.4. The highest BCUT2D eigenvalue weighted by Crippen LogP contribution is 2.35. The quantitative estimate of drug-likeness (QED) is 0.585. The number of carbonyl (C=O) groups excluding carboxylic acids is 1. The van der Waals surface area contributed by atoms with Gasteiger partial charge in [0.2, 0.25) is 0 Å². The Morgan fingerprint density at radius 1 is 1.17 bits per heavy atom. The number of hydrogen-bond donors (Lipinski definition) is 3. The van der Waals surface area contributed by atoms with E-state index in [1.54, 1.807) is 6.20 Å². The third-order valence-corrected chi connectivity index (χ3v) is 5.92. The van der Waals surface area contributed by atoms with Crippen molar-refractivity contribution in [2.75, 3.05) is 20.2 Å². The number of carbonyl (C=O) groups is 1. The fraction of sp³-hybridized carbons (Fsp3) is 0.333. The van der Waals surface area contributed by atoms with E-state index in [4.69, 9.17) is 15.2 Å². The summed E-state index contributed by atoms with van der Waals surface area (Å²) in [5.41, 5.74) is 10.4. The Morgan fingerprint density at radius 2 is 1.86 bits per heavy atom. The molecular formula is C24H26F3N5O3. The molecule has 0 spiro atoms. The number of pyridine rings is 1. The van der Waals surface area contributed by atoms with Crippen molar-refractivity contribution in [1.29, 1.82) is 0 Å². The van der Waals surface area contributed by atoms with Crippen molar-refractivity contribution in [1.82, 2.24) is 20.7 Å². The number of benzene rings is 1. The number of rotatable bonds is 5. The van der Waals surface area contributed by atoms with Gasteiger partial charge in [-0.1, -0.05) is 0 Å². The van der Waals surface area contributed by atoms with Gasteiger partial charge in [-0.25, -0.2) is 9.99 Å². The number of aromatic nitrogens is 1. The molecule has 1 amide bonds. The highest BCUT2D eigenvalue weighted by molar-refractivity contribution is 5.93. The summed E-state index contributed by atoms with van der Waals surface area (Å²) >= 11 is 0. The molecule has 4 rings (SSSR count). The summed E-state index contributed by atoms with van der Waals surface area (Å²) in [7, 11) is 1.39. The number of alkyl halides is 3. The monoisotopic (exact) mass is 489 g/mol. The number of amides is 1. The van der Waals surface area contributed by atoms with Crippen LogP contribution in [0, 0.1) is 5.92 Å². The van der Waals surface area contributed by atoms with Gasteiger partial charge in [0, 0.05) is 17.8 Å². The molecule has 11 heteroatoms. The number of piperidine rings is 1. The second kappa shape index (κ2) is 9.87. The van der Waals surface area contributed by atoms with Crippen LogP contribution in [-0.2, 0) is 6.18 Å². The van der Waals surface area contributed by atoms with Crippen molar-refractivity contribution in [3.8, 4) is 17.2 Å². The SMILES string of the molecule is COc1cc(C(=O)N2C=C(C)C(C3CCNCC3)=C(N)N2)ncc1Oc1ccc(C(F)(F)F)cc1. The zero-order chi connectivity index (χ0) is 25.2. The summed E-state index contributed by atoms with van der Waals surface area (Å²) in [4.78, 5) is 17.3. The molecule has 186 valence electrons. The molecule has 0 saturated carbocycles. The summed E-state index contributed by atoms with van der Waals surface area (Å²) in [6, 6.07) is 5.62. The molecule has 2 aliphatic heterocycles. The van der Waals surface area contributed by atoms with Crippen LogP contribution < -0.4 is 25.9 Å². The molecule has 4 N–H and O–H groups in total. The normalized spacial score (nSPS) is 17.1. The van der Waals surface area contributed by atoms with Gasteiger partial charge >= 0.3 is 6.18 Å². The van der Waals surface area contributed by atoms with E-state index in [-0.39, 0.29) is 22.9 Å². The van der Waals surface area contributed by atoms with Crippen LogP contribution in [0.4, 0.5) is 13.2 Å². The average Bonchev–Trinajstić information content (AvgIpc) is 2.84.